The molecule has 0 spiro atoms. The number of alkyl carbamates (subject to hydrolysis) is 1. The Kier molecular flexibility index (Phi) is 12.2. The van der Waals surface area contributed by atoms with Crippen molar-refractivity contribution >= 4 is 12.1 Å². The summed E-state index contributed by atoms with van der Waals surface area (Å²) < 4.78 is 4.99. The summed E-state index contributed by atoms with van der Waals surface area (Å²) in [6, 6.07) is 10.0. The van der Waals surface area contributed by atoms with E-state index in [9.17, 15) is 9.59 Å². The third-order valence-corrected chi connectivity index (χ3v) is 6.65. The molecule has 0 bridgehead atoms. The van der Waals surface area contributed by atoms with Crippen LogP contribution in [-0.2, 0) is 16.1 Å². The van der Waals surface area contributed by atoms with E-state index in [4.69, 9.17) is 9.84 Å². The van der Waals surface area contributed by atoms with E-state index in [1.165, 1.54) is 64.2 Å². The Balaban J connectivity index is 0.000000242. The number of hydrogen-bond donors (Lipinski definition) is 3. The highest BCUT2D eigenvalue weighted by Crippen LogP contribution is 2.22. The van der Waals surface area contributed by atoms with Crippen LogP contribution in [0, 0.1) is 5.92 Å². The SMILES string of the molecule is C1CCC(NC2CCCCC2)CC1.CC[C@@H](C)[C@@H](NC(=O)OCc1ccccc1)C(=O)O. The van der Waals surface area contributed by atoms with Crippen LogP contribution in [0.25, 0.3) is 0 Å². The van der Waals surface area contributed by atoms with Gasteiger partial charge in [0.25, 0.3) is 0 Å². The van der Waals surface area contributed by atoms with Crippen LogP contribution in [0.3, 0.4) is 0 Å². The Morgan fingerprint density at radius 2 is 1.50 bits per heavy atom. The average molecular weight is 447 g/mol. The van der Waals surface area contributed by atoms with Gasteiger partial charge in [0.05, 0.1) is 0 Å². The molecule has 6 nitrogen and oxygen atoms in total. The van der Waals surface area contributed by atoms with Gasteiger partial charge in [-0.1, -0.05) is 89.1 Å². The van der Waals surface area contributed by atoms with Gasteiger partial charge in [-0.15, -0.1) is 0 Å². The summed E-state index contributed by atoms with van der Waals surface area (Å²) in [4.78, 5) is 22.6. The minimum absolute atomic E-state index is 0.125. The first-order chi connectivity index (χ1) is 15.5. The largest absolute Gasteiger partial charge is 0.480 e. The molecule has 2 atom stereocenters. The van der Waals surface area contributed by atoms with Crippen molar-refractivity contribution in [2.24, 2.45) is 5.92 Å². The van der Waals surface area contributed by atoms with E-state index in [1.54, 1.807) is 6.92 Å². The number of carbonyl (C=O) groups excluding carboxylic acids is 1. The van der Waals surface area contributed by atoms with Crippen molar-refractivity contribution in [1.29, 1.82) is 0 Å². The molecule has 1 aromatic carbocycles. The molecule has 2 saturated carbocycles. The zero-order valence-corrected chi connectivity index (χ0v) is 19.9. The van der Waals surface area contributed by atoms with Crippen molar-refractivity contribution in [2.75, 3.05) is 0 Å². The van der Waals surface area contributed by atoms with Crippen molar-refractivity contribution in [3.8, 4) is 0 Å². The maximum atomic E-state index is 11.6. The average Bonchev–Trinajstić information content (AvgIpc) is 2.83. The smallest absolute Gasteiger partial charge is 0.408 e. The zero-order chi connectivity index (χ0) is 23.2. The summed E-state index contributed by atoms with van der Waals surface area (Å²) in [7, 11) is 0. The molecular formula is C26H42N2O4. The monoisotopic (exact) mass is 446 g/mol. The first-order valence-corrected chi connectivity index (χ1v) is 12.5. The maximum Gasteiger partial charge on any atom is 0.408 e. The molecule has 0 saturated heterocycles. The second-order valence-corrected chi connectivity index (χ2v) is 9.24. The highest BCUT2D eigenvalue weighted by molar-refractivity contribution is 5.80. The normalized spacial score (nSPS) is 19.2. The molecule has 2 fully saturated rings. The molecule has 1 amide bonds. The molecular weight excluding hydrogens is 404 g/mol. The molecule has 6 heteroatoms. The van der Waals surface area contributed by atoms with Gasteiger partial charge in [-0.3, -0.25) is 0 Å². The lowest BCUT2D eigenvalue weighted by Gasteiger charge is -2.30. The van der Waals surface area contributed by atoms with Gasteiger partial charge in [-0.05, 0) is 37.2 Å². The minimum Gasteiger partial charge on any atom is -0.480 e. The first-order valence-electron chi connectivity index (χ1n) is 12.5. The molecule has 3 rings (SSSR count). The number of carbonyl (C=O) groups is 2. The molecule has 0 heterocycles. The fourth-order valence-electron chi connectivity index (χ4n) is 4.45. The van der Waals surface area contributed by atoms with Crippen LogP contribution < -0.4 is 10.6 Å². The summed E-state index contributed by atoms with van der Waals surface area (Å²) in [5.41, 5.74) is 0.855. The van der Waals surface area contributed by atoms with Gasteiger partial charge in [-0.25, -0.2) is 9.59 Å². The fourth-order valence-corrected chi connectivity index (χ4v) is 4.45. The molecule has 3 N–H and O–H groups in total. The molecule has 2 aliphatic carbocycles. The number of nitrogens with one attached hydrogen (secondary N) is 2. The Morgan fingerprint density at radius 1 is 0.969 bits per heavy atom. The number of carboxylic acids is 1. The van der Waals surface area contributed by atoms with E-state index in [0.717, 1.165) is 17.6 Å². The van der Waals surface area contributed by atoms with E-state index >= 15 is 0 Å². The quantitative estimate of drug-likeness (QED) is 0.480. The third kappa shape index (κ3) is 10.0. The predicted octanol–water partition coefficient (Wildman–Crippen LogP) is 5.65. The molecule has 0 aliphatic heterocycles. The zero-order valence-electron chi connectivity index (χ0n) is 19.9. The van der Waals surface area contributed by atoms with Gasteiger partial charge >= 0.3 is 12.1 Å². The molecule has 0 unspecified atom stereocenters. The van der Waals surface area contributed by atoms with E-state index in [0.29, 0.717) is 6.42 Å². The number of aliphatic carboxylic acids is 1. The molecule has 0 aromatic heterocycles. The summed E-state index contributed by atoms with van der Waals surface area (Å²) >= 11 is 0. The summed E-state index contributed by atoms with van der Waals surface area (Å²) in [5.74, 6) is -1.20. The van der Waals surface area contributed by atoms with Crippen LogP contribution >= 0.6 is 0 Å². The highest BCUT2D eigenvalue weighted by Gasteiger charge is 2.25. The molecule has 0 radical (unpaired) electrons. The summed E-state index contributed by atoms with van der Waals surface area (Å²) in [6.07, 6.45) is 14.5. The number of rotatable bonds is 8. The van der Waals surface area contributed by atoms with E-state index in [2.05, 4.69) is 10.6 Å². The molecule has 32 heavy (non-hydrogen) atoms. The second-order valence-electron chi connectivity index (χ2n) is 9.24. The minimum atomic E-state index is -1.05. The second kappa shape index (κ2) is 14.9. The van der Waals surface area contributed by atoms with Gasteiger partial charge in [0.2, 0.25) is 0 Å². The van der Waals surface area contributed by atoms with Crippen LogP contribution in [0.15, 0.2) is 30.3 Å². The lowest BCUT2D eigenvalue weighted by atomic mass is 9.91. The topological polar surface area (TPSA) is 87.7 Å². The van der Waals surface area contributed by atoms with Crippen molar-refractivity contribution in [1.82, 2.24) is 10.6 Å². The molecule has 1 aromatic rings. The van der Waals surface area contributed by atoms with E-state index in [-0.39, 0.29) is 12.5 Å². The number of amides is 1. The van der Waals surface area contributed by atoms with E-state index in [1.807, 2.05) is 37.3 Å². The van der Waals surface area contributed by atoms with Crippen molar-refractivity contribution < 1.29 is 19.4 Å². The van der Waals surface area contributed by atoms with Crippen molar-refractivity contribution in [2.45, 2.75) is 109 Å². The molecule has 2 aliphatic rings. The Hall–Kier alpha value is -2.08. The van der Waals surface area contributed by atoms with Crippen molar-refractivity contribution in [3.63, 3.8) is 0 Å². The Morgan fingerprint density at radius 3 is 1.97 bits per heavy atom. The van der Waals surface area contributed by atoms with Gasteiger partial charge in [0.15, 0.2) is 0 Å². The number of benzene rings is 1. The van der Waals surface area contributed by atoms with Crippen LogP contribution in [0.2, 0.25) is 0 Å². The number of carboxylic acid groups (broad SMARTS) is 1. The van der Waals surface area contributed by atoms with Gasteiger partial charge in [0, 0.05) is 12.1 Å². The molecule has 180 valence electrons. The van der Waals surface area contributed by atoms with Crippen molar-refractivity contribution in [3.05, 3.63) is 35.9 Å². The Bertz CT molecular complexity index is 639. The predicted molar refractivity (Wildman–Crippen MR) is 128 cm³/mol. The number of hydrogen-bond acceptors (Lipinski definition) is 4. The lowest BCUT2D eigenvalue weighted by molar-refractivity contribution is -0.140. The number of ether oxygens (including phenoxy) is 1. The van der Waals surface area contributed by atoms with Gasteiger partial charge in [-0.2, -0.15) is 0 Å². The van der Waals surface area contributed by atoms with Crippen LogP contribution in [-0.4, -0.2) is 35.3 Å². The van der Waals surface area contributed by atoms with Gasteiger partial charge in [0.1, 0.15) is 12.6 Å². The lowest BCUT2D eigenvalue weighted by Crippen LogP contribution is -2.45. The van der Waals surface area contributed by atoms with Crippen LogP contribution in [0.4, 0.5) is 4.79 Å². The standard InChI is InChI=1S/C14H19NO4.C12H23N/c1-3-10(2)12(13(16)17)15-14(18)19-9-11-7-5-4-6-8-11;1-3-7-11(8-4-1)13-12-9-5-2-6-10-12/h4-8,10,12H,3,9H2,1-2H3,(H,15,18)(H,16,17);11-13H,1-10H2/t10-,12-;/m1./s1. The Labute approximate surface area is 193 Å². The maximum absolute atomic E-state index is 11.6. The van der Waals surface area contributed by atoms with Gasteiger partial charge < -0.3 is 20.5 Å². The van der Waals surface area contributed by atoms with Crippen LogP contribution in [0.5, 0.6) is 0 Å². The van der Waals surface area contributed by atoms with E-state index < -0.39 is 18.1 Å². The third-order valence-electron chi connectivity index (χ3n) is 6.65. The van der Waals surface area contributed by atoms with Crippen LogP contribution in [0.1, 0.15) is 90.0 Å². The first kappa shape index (κ1) is 26.2. The summed E-state index contributed by atoms with van der Waals surface area (Å²) in [5, 5.41) is 15.3. The fraction of sp³-hybridized carbons (Fsp3) is 0.692. The highest BCUT2D eigenvalue weighted by atomic mass is 16.5. The summed E-state index contributed by atoms with van der Waals surface area (Å²) in [6.45, 7) is 3.77.